The van der Waals surface area contributed by atoms with Gasteiger partial charge in [-0.05, 0) is 69.0 Å². The van der Waals surface area contributed by atoms with Crippen LogP contribution in [0, 0.1) is 17.7 Å². The Balaban J connectivity index is 1.17. The largest absolute Gasteiger partial charge is 0.376 e. The van der Waals surface area contributed by atoms with Gasteiger partial charge < -0.3 is 9.64 Å². The number of piperidine rings is 1. The zero-order valence-corrected chi connectivity index (χ0v) is 20.0. The number of ether oxygens (including phenoxy) is 1. The number of hydrogen-bond donors (Lipinski definition) is 0. The van der Waals surface area contributed by atoms with Crippen molar-refractivity contribution in [3.8, 4) is 0 Å². The van der Waals surface area contributed by atoms with Crippen LogP contribution in [0.1, 0.15) is 48.9 Å². The van der Waals surface area contributed by atoms with E-state index in [-0.39, 0.29) is 35.6 Å². The number of benzene rings is 1. The summed E-state index contributed by atoms with van der Waals surface area (Å²) in [6.07, 6.45) is 4.55. The van der Waals surface area contributed by atoms with E-state index >= 15 is 0 Å². The average molecular weight is 482 g/mol. The molecule has 35 heavy (non-hydrogen) atoms. The number of hydrogen-bond acceptors (Lipinski definition) is 6. The first-order valence-corrected chi connectivity index (χ1v) is 12.7. The summed E-state index contributed by atoms with van der Waals surface area (Å²) in [6, 6.07) is 5.72. The molecule has 0 radical (unpaired) electrons. The van der Waals surface area contributed by atoms with Crippen molar-refractivity contribution >= 4 is 23.2 Å². The number of rotatable bonds is 8. The lowest BCUT2D eigenvalue weighted by atomic mass is 9.89. The summed E-state index contributed by atoms with van der Waals surface area (Å²) in [5.41, 5.74) is 2.84. The molecule has 0 aromatic heterocycles. The second kappa shape index (κ2) is 10.5. The molecule has 1 saturated carbocycles. The molecule has 3 heterocycles. The fraction of sp³-hybridized carbons (Fsp3) is 0.556. The van der Waals surface area contributed by atoms with Gasteiger partial charge >= 0.3 is 0 Å². The van der Waals surface area contributed by atoms with Crippen molar-refractivity contribution in [2.24, 2.45) is 16.8 Å². The predicted octanol–water partition coefficient (Wildman–Crippen LogP) is 3.05. The van der Waals surface area contributed by atoms with Crippen LogP contribution in [0.2, 0.25) is 0 Å². The van der Waals surface area contributed by atoms with E-state index in [0.717, 1.165) is 24.3 Å². The van der Waals surface area contributed by atoms with Crippen LogP contribution in [0.3, 0.4) is 0 Å². The van der Waals surface area contributed by atoms with Crippen LogP contribution in [-0.4, -0.2) is 78.9 Å². The Bertz CT molecular complexity index is 1050. The number of aliphatic imine (C=N–C) groups is 1. The molecule has 1 aliphatic carbocycles. The first-order valence-electron chi connectivity index (χ1n) is 12.7. The molecule has 3 aliphatic heterocycles. The molecular formula is C27H32FN3O4. The van der Waals surface area contributed by atoms with Crippen LogP contribution in [0.25, 0.3) is 0 Å². The van der Waals surface area contributed by atoms with Crippen LogP contribution >= 0.6 is 0 Å². The van der Waals surface area contributed by atoms with Gasteiger partial charge in [-0.1, -0.05) is 0 Å². The Morgan fingerprint density at radius 1 is 1.11 bits per heavy atom. The molecule has 0 unspecified atom stereocenters. The van der Waals surface area contributed by atoms with Gasteiger partial charge in [-0.2, -0.15) is 0 Å². The standard InChI is InChI=1S/C27H32FN3O4/c28-21-5-3-19(4-6-21)27(34)20-7-10-30(11-8-20)16-26(33)31(14-18-1-2-18)15-22-13-25(32)23-17-35-12-9-24(23)29-22/h3-6,18,20H,1-2,7-17H2. The molecule has 186 valence electrons. The maximum Gasteiger partial charge on any atom is 0.237 e. The first kappa shape index (κ1) is 24.0. The molecule has 1 aromatic carbocycles. The topological polar surface area (TPSA) is 79.3 Å². The summed E-state index contributed by atoms with van der Waals surface area (Å²) in [5, 5.41) is 0. The third kappa shape index (κ3) is 5.93. The third-order valence-corrected chi connectivity index (χ3v) is 7.42. The fourth-order valence-corrected chi connectivity index (χ4v) is 5.14. The number of amides is 1. The van der Waals surface area contributed by atoms with Crippen LogP contribution < -0.4 is 0 Å². The third-order valence-electron chi connectivity index (χ3n) is 7.42. The SMILES string of the molecule is O=C1CC(CN(CC2CC2)C(=O)CN2CCC(C(=O)c3ccc(F)cc3)CC2)=NC2=C1COCC2. The molecular weight excluding hydrogens is 449 g/mol. The molecule has 0 spiro atoms. The number of nitrogens with zero attached hydrogens (tertiary/aromatic N) is 3. The monoisotopic (exact) mass is 481 g/mol. The van der Waals surface area contributed by atoms with E-state index in [1.54, 1.807) is 12.1 Å². The second-order valence-corrected chi connectivity index (χ2v) is 10.1. The van der Waals surface area contributed by atoms with Gasteiger partial charge in [0.05, 0.1) is 38.4 Å². The summed E-state index contributed by atoms with van der Waals surface area (Å²) in [5.74, 6) is 0.264. The minimum Gasteiger partial charge on any atom is -0.376 e. The lowest BCUT2D eigenvalue weighted by Gasteiger charge is -2.33. The molecule has 2 fully saturated rings. The number of carbonyl (C=O) groups is 3. The van der Waals surface area contributed by atoms with Gasteiger partial charge in [-0.3, -0.25) is 24.3 Å². The molecule has 1 aromatic rings. The summed E-state index contributed by atoms with van der Waals surface area (Å²) in [4.78, 5) is 47.4. The summed E-state index contributed by atoms with van der Waals surface area (Å²) < 4.78 is 18.6. The Kier molecular flexibility index (Phi) is 7.20. The number of Topliss-reactive ketones (excluding diaryl/α,β-unsaturated/α-hetero) is 2. The lowest BCUT2D eigenvalue weighted by Crippen LogP contribution is -2.46. The maximum atomic E-state index is 13.3. The summed E-state index contributed by atoms with van der Waals surface area (Å²) in [6.45, 7) is 3.70. The van der Waals surface area contributed by atoms with Gasteiger partial charge in [-0.15, -0.1) is 0 Å². The van der Waals surface area contributed by atoms with Crippen molar-refractivity contribution in [2.75, 3.05) is 45.9 Å². The Labute approximate surface area is 205 Å². The predicted molar refractivity (Wildman–Crippen MR) is 129 cm³/mol. The zero-order chi connectivity index (χ0) is 24.4. The van der Waals surface area contributed by atoms with Gasteiger partial charge in [0, 0.05) is 35.7 Å². The maximum absolute atomic E-state index is 13.3. The van der Waals surface area contributed by atoms with Gasteiger partial charge in [0.25, 0.3) is 0 Å². The number of ketones is 2. The minimum absolute atomic E-state index is 0.0492. The van der Waals surface area contributed by atoms with Crippen LogP contribution in [0.4, 0.5) is 4.39 Å². The highest BCUT2D eigenvalue weighted by Crippen LogP contribution is 2.31. The number of halogens is 1. The Morgan fingerprint density at radius 2 is 1.86 bits per heavy atom. The van der Waals surface area contributed by atoms with Crippen molar-refractivity contribution in [2.45, 2.75) is 38.5 Å². The molecule has 8 heteroatoms. The van der Waals surface area contributed by atoms with E-state index in [4.69, 9.17) is 9.73 Å². The van der Waals surface area contributed by atoms with Crippen molar-refractivity contribution in [1.29, 1.82) is 0 Å². The van der Waals surface area contributed by atoms with Gasteiger partial charge in [0.1, 0.15) is 5.82 Å². The van der Waals surface area contributed by atoms with E-state index < -0.39 is 0 Å². The molecule has 0 N–H and O–H groups in total. The van der Waals surface area contributed by atoms with Gasteiger partial charge in [0.15, 0.2) is 11.6 Å². The molecule has 0 atom stereocenters. The highest BCUT2D eigenvalue weighted by Gasteiger charge is 2.32. The normalized spacial score (nSPS) is 21.5. The van der Waals surface area contributed by atoms with Crippen LogP contribution in [0.15, 0.2) is 40.5 Å². The van der Waals surface area contributed by atoms with Crippen molar-refractivity contribution in [1.82, 2.24) is 9.80 Å². The van der Waals surface area contributed by atoms with Crippen LogP contribution in [-0.2, 0) is 14.3 Å². The quantitative estimate of drug-likeness (QED) is 0.534. The average Bonchev–Trinajstić information content (AvgIpc) is 3.68. The van der Waals surface area contributed by atoms with Gasteiger partial charge in [0.2, 0.25) is 5.91 Å². The summed E-state index contributed by atoms with van der Waals surface area (Å²) >= 11 is 0. The number of likely N-dealkylation sites (tertiary alicyclic amines) is 1. The molecule has 5 rings (SSSR count). The molecule has 4 aliphatic rings. The van der Waals surface area contributed by atoms with E-state index in [1.807, 2.05) is 4.90 Å². The van der Waals surface area contributed by atoms with E-state index in [1.165, 1.54) is 12.1 Å². The lowest BCUT2D eigenvalue weighted by molar-refractivity contribution is -0.132. The fourth-order valence-electron chi connectivity index (χ4n) is 5.14. The number of carbonyl (C=O) groups excluding carboxylic acids is 3. The zero-order valence-electron chi connectivity index (χ0n) is 20.0. The second-order valence-electron chi connectivity index (χ2n) is 10.1. The van der Waals surface area contributed by atoms with E-state index in [9.17, 15) is 18.8 Å². The molecule has 1 amide bonds. The molecule has 1 saturated heterocycles. The van der Waals surface area contributed by atoms with Crippen molar-refractivity contribution in [3.05, 3.63) is 46.9 Å². The highest BCUT2D eigenvalue weighted by molar-refractivity contribution is 6.13. The summed E-state index contributed by atoms with van der Waals surface area (Å²) in [7, 11) is 0. The smallest absolute Gasteiger partial charge is 0.237 e. The first-order chi connectivity index (χ1) is 17.0. The van der Waals surface area contributed by atoms with E-state index in [2.05, 4.69) is 4.90 Å². The Hall–Kier alpha value is -2.71. The van der Waals surface area contributed by atoms with Crippen LogP contribution in [0.5, 0.6) is 0 Å². The molecule has 7 nitrogen and oxygen atoms in total. The van der Waals surface area contributed by atoms with Gasteiger partial charge in [-0.25, -0.2) is 4.39 Å². The Morgan fingerprint density at radius 3 is 2.57 bits per heavy atom. The van der Waals surface area contributed by atoms with E-state index in [0.29, 0.717) is 82.3 Å². The minimum atomic E-state index is -0.348. The highest BCUT2D eigenvalue weighted by atomic mass is 19.1. The van der Waals surface area contributed by atoms with Crippen molar-refractivity contribution in [3.63, 3.8) is 0 Å². The van der Waals surface area contributed by atoms with Crippen molar-refractivity contribution < 1.29 is 23.5 Å². The molecule has 0 bridgehead atoms.